The maximum absolute atomic E-state index is 5.88. The van der Waals surface area contributed by atoms with Crippen LogP contribution in [0.2, 0.25) is 0 Å². The Balaban J connectivity index is 1.59. The zero-order chi connectivity index (χ0) is 15.2. The molecule has 0 amide bonds. The number of benzene rings is 2. The summed E-state index contributed by atoms with van der Waals surface area (Å²) in [5, 5.41) is 2.11. The van der Waals surface area contributed by atoms with Crippen molar-refractivity contribution in [2.24, 2.45) is 0 Å². The summed E-state index contributed by atoms with van der Waals surface area (Å²) in [6.45, 7) is 5.00. The lowest BCUT2D eigenvalue weighted by Crippen LogP contribution is -2.29. The molecule has 1 saturated heterocycles. The number of hydrogen-bond acceptors (Lipinski definition) is 2. The number of aryl methyl sites for hydroxylation is 1. The second-order valence-corrected chi connectivity index (χ2v) is 6.01. The summed E-state index contributed by atoms with van der Waals surface area (Å²) in [6, 6.07) is 17.6. The molecule has 1 heterocycles. The van der Waals surface area contributed by atoms with Crippen molar-refractivity contribution in [2.75, 3.05) is 13.1 Å². The fraction of sp³-hybridized carbons (Fsp3) is 0.400. The van der Waals surface area contributed by atoms with Gasteiger partial charge in [-0.2, -0.15) is 5.06 Å². The van der Waals surface area contributed by atoms with E-state index in [9.17, 15) is 0 Å². The van der Waals surface area contributed by atoms with E-state index in [0.29, 0.717) is 6.61 Å². The minimum Gasteiger partial charge on any atom is -0.294 e. The van der Waals surface area contributed by atoms with E-state index in [1.165, 1.54) is 41.5 Å². The van der Waals surface area contributed by atoms with Crippen LogP contribution in [0.25, 0.3) is 11.1 Å². The fourth-order valence-corrected chi connectivity index (χ4v) is 2.89. The van der Waals surface area contributed by atoms with Gasteiger partial charge in [0.15, 0.2) is 0 Å². The van der Waals surface area contributed by atoms with Gasteiger partial charge >= 0.3 is 0 Å². The Labute approximate surface area is 133 Å². The Morgan fingerprint density at radius 1 is 0.773 bits per heavy atom. The number of hydroxylamine groups is 2. The highest BCUT2D eigenvalue weighted by Gasteiger charge is 2.10. The first-order chi connectivity index (χ1) is 10.8. The van der Waals surface area contributed by atoms with Crippen molar-refractivity contribution < 1.29 is 4.84 Å². The average molecular weight is 295 g/mol. The lowest BCUT2D eigenvalue weighted by molar-refractivity contribution is -0.178. The zero-order valence-corrected chi connectivity index (χ0v) is 13.4. The van der Waals surface area contributed by atoms with E-state index in [1.54, 1.807) is 0 Å². The Morgan fingerprint density at radius 2 is 1.32 bits per heavy atom. The van der Waals surface area contributed by atoms with E-state index >= 15 is 0 Å². The van der Waals surface area contributed by atoms with Gasteiger partial charge in [0, 0.05) is 13.1 Å². The second-order valence-electron chi connectivity index (χ2n) is 6.01. The molecular weight excluding hydrogens is 270 g/mol. The summed E-state index contributed by atoms with van der Waals surface area (Å²) in [7, 11) is 0. The summed E-state index contributed by atoms with van der Waals surface area (Å²) >= 11 is 0. The third-order valence-corrected chi connectivity index (χ3v) is 4.38. The van der Waals surface area contributed by atoms with Gasteiger partial charge < -0.3 is 0 Å². The van der Waals surface area contributed by atoms with Gasteiger partial charge in [-0.15, -0.1) is 0 Å². The molecule has 0 saturated carbocycles. The third kappa shape index (κ3) is 3.96. The molecule has 116 valence electrons. The monoisotopic (exact) mass is 295 g/mol. The summed E-state index contributed by atoms with van der Waals surface area (Å²) in [6.07, 6.45) is 4.94. The van der Waals surface area contributed by atoms with Crippen molar-refractivity contribution in [1.29, 1.82) is 0 Å². The average Bonchev–Trinajstić information content (AvgIpc) is 2.61. The molecular formula is C20H25NO. The van der Waals surface area contributed by atoms with Crippen molar-refractivity contribution in [3.05, 3.63) is 59.7 Å². The van der Waals surface area contributed by atoms with E-state index in [-0.39, 0.29) is 0 Å². The first kappa shape index (κ1) is 15.3. The van der Waals surface area contributed by atoms with E-state index < -0.39 is 0 Å². The van der Waals surface area contributed by atoms with Crippen LogP contribution in [-0.2, 0) is 17.9 Å². The van der Waals surface area contributed by atoms with Gasteiger partial charge in [0.1, 0.15) is 0 Å². The van der Waals surface area contributed by atoms with Gasteiger partial charge in [0.25, 0.3) is 0 Å². The molecule has 0 unspecified atom stereocenters. The summed E-state index contributed by atoms with van der Waals surface area (Å²) < 4.78 is 0. The standard InChI is InChI=1S/C20H25NO/c1-2-17-6-10-19(11-7-17)20-12-8-18(9-13-20)16-22-21-14-4-3-5-15-21/h6-13H,2-5,14-16H2,1H3. The second kappa shape index (κ2) is 7.57. The SMILES string of the molecule is CCc1ccc(-c2ccc(CON3CCCCC3)cc2)cc1. The molecule has 0 bridgehead atoms. The molecule has 0 aromatic heterocycles. The quantitative estimate of drug-likeness (QED) is 0.783. The number of hydrogen-bond donors (Lipinski definition) is 0. The minimum absolute atomic E-state index is 0.676. The van der Waals surface area contributed by atoms with Crippen molar-refractivity contribution in [2.45, 2.75) is 39.2 Å². The highest BCUT2D eigenvalue weighted by Crippen LogP contribution is 2.21. The van der Waals surface area contributed by atoms with Crippen LogP contribution in [-0.4, -0.2) is 18.2 Å². The maximum Gasteiger partial charge on any atom is 0.0935 e. The third-order valence-electron chi connectivity index (χ3n) is 4.38. The van der Waals surface area contributed by atoms with E-state index in [1.807, 2.05) is 0 Å². The fourth-order valence-electron chi connectivity index (χ4n) is 2.89. The number of piperidine rings is 1. The largest absolute Gasteiger partial charge is 0.294 e. The van der Waals surface area contributed by atoms with Gasteiger partial charge in [0.05, 0.1) is 6.61 Å². The van der Waals surface area contributed by atoms with Crippen molar-refractivity contribution in [1.82, 2.24) is 5.06 Å². The van der Waals surface area contributed by atoms with Crippen LogP contribution < -0.4 is 0 Å². The number of rotatable bonds is 5. The minimum atomic E-state index is 0.676. The van der Waals surface area contributed by atoms with E-state index in [0.717, 1.165) is 19.5 Å². The molecule has 2 nitrogen and oxygen atoms in total. The number of nitrogens with zero attached hydrogens (tertiary/aromatic N) is 1. The summed E-state index contributed by atoms with van der Waals surface area (Å²) in [4.78, 5) is 5.88. The molecule has 2 aromatic carbocycles. The lowest BCUT2D eigenvalue weighted by Gasteiger charge is -2.25. The molecule has 0 radical (unpaired) electrons. The Bertz CT molecular complexity index is 568. The molecule has 0 spiro atoms. The molecule has 1 aliphatic rings. The van der Waals surface area contributed by atoms with Crippen LogP contribution in [0.4, 0.5) is 0 Å². The first-order valence-electron chi connectivity index (χ1n) is 8.41. The van der Waals surface area contributed by atoms with Crippen LogP contribution in [0.1, 0.15) is 37.3 Å². The van der Waals surface area contributed by atoms with Crippen LogP contribution >= 0.6 is 0 Å². The Kier molecular flexibility index (Phi) is 5.25. The van der Waals surface area contributed by atoms with Gasteiger partial charge in [-0.1, -0.05) is 61.9 Å². The summed E-state index contributed by atoms with van der Waals surface area (Å²) in [5.74, 6) is 0. The lowest BCUT2D eigenvalue weighted by atomic mass is 10.0. The molecule has 0 aliphatic carbocycles. The highest BCUT2D eigenvalue weighted by molar-refractivity contribution is 5.63. The van der Waals surface area contributed by atoms with Gasteiger partial charge in [-0.25, -0.2) is 0 Å². The normalized spacial score (nSPS) is 15.9. The first-order valence-corrected chi connectivity index (χ1v) is 8.41. The van der Waals surface area contributed by atoms with E-state index in [2.05, 4.69) is 60.5 Å². The Morgan fingerprint density at radius 3 is 1.86 bits per heavy atom. The van der Waals surface area contributed by atoms with Gasteiger partial charge in [0.2, 0.25) is 0 Å². The molecule has 22 heavy (non-hydrogen) atoms. The summed E-state index contributed by atoms with van der Waals surface area (Å²) in [5.41, 5.74) is 5.17. The van der Waals surface area contributed by atoms with Crippen LogP contribution in [0, 0.1) is 0 Å². The van der Waals surface area contributed by atoms with Crippen LogP contribution in [0.3, 0.4) is 0 Å². The molecule has 2 aromatic rings. The molecule has 0 N–H and O–H groups in total. The molecule has 1 fully saturated rings. The van der Waals surface area contributed by atoms with Gasteiger partial charge in [-0.3, -0.25) is 4.84 Å². The molecule has 2 heteroatoms. The predicted octanol–water partition coefficient (Wildman–Crippen LogP) is 4.83. The van der Waals surface area contributed by atoms with Crippen molar-refractivity contribution in [3.63, 3.8) is 0 Å². The smallest absolute Gasteiger partial charge is 0.0935 e. The van der Waals surface area contributed by atoms with Crippen LogP contribution in [0.5, 0.6) is 0 Å². The molecule has 3 rings (SSSR count). The van der Waals surface area contributed by atoms with E-state index in [4.69, 9.17) is 4.84 Å². The predicted molar refractivity (Wildman–Crippen MR) is 91.5 cm³/mol. The maximum atomic E-state index is 5.88. The molecule has 0 atom stereocenters. The van der Waals surface area contributed by atoms with Crippen LogP contribution in [0.15, 0.2) is 48.5 Å². The molecule has 1 aliphatic heterocycles. The van der Waals surface area contributed by atoms with Crippen molar-refractivity contribution in [3.8, 4) is 11.1 Å². The van der Waals surface area contributed by atoms with Crippen molar-refractivity contribution >= 4 is 0 Å². The zero-order valence-electron chi connectivity index (χ0n) is 13.4. The van der Waals surface area contributed by atoms with Gasteiger partial charge in [-0.05, 0) is 41.5 Å². The topological polar surface area (TPSA) is 12.5 Å². The highest BCUT2D eigenvalue weighted by atomic mass is 16.7. The Hall–Kier alpha value is -1.64.